The highest BCUT2D eigenvalue weighted by atomic mass is 35.5. The molecule has 0 radical (unpaired) electrons. The first-order chi connectivity index (χ1) is 9.24. The van der Waals surface area contributed by atoms with Gasteiger partial charge < -0.3 is 0 Å². The van der Waals surface area contributed by atoms with Crippen LogP contribution >= 0.6 is 11.6 Å². The summed E-state index contributed by atoms with van der Waals surface area (Å²) in [6.07, 6.45) is 5.26. The summed E-state index contributed by atoms with van der Waals surface area (Å²) in [6.45, 7) is 2.10. The van der Waals surface area contributed by atoms with Crippen LogP contribution in [0.5, 0.6) is 0 Å². The van der Waals surface area contributed by atoms with Gasteiger partial charge in [-0.15, -0.1) is 10.2 Å². The van der Waals surface area contributed by atoms with Crippen LogP contribution in [0.3, 0.4) is 0 Å². The van der Waals surface area contributed by atoms with Crippen molar-refractivity contribution in [2.45, 2.75) is 19.8 Å². The minimum absolute atomic E-state index is 0.386. The van der Waals surface area contributed by atoms with Crippen LogP contribution in [0.2, 0.25) is 5.15 Å². The lowest BCUT2D eigenvalue weighted by Gasteiger charge is -2.02. The number of benzene rings is 1. The Morgan fingerprint density at radius 3 is 2.95 bits per heavy atom. The molecule has 0 N–H and O–H groups in total. The zero-order chi connectivity index (χ0) is 13.2. The van der Waals surface area contributed by atoms with Gasteiger partial charge in [0.25, 0.3) is 0 Å². The zero-order valence-electron chi connectivity index (χ0n) is 10.5. The highest BCUT2D eigenvalue weighted by Gasteiger charge is 2.08. The van der Waals surface area contributed by atoms with Crippen molar-refractivity contribution in [1.29, 1.82) is 0 Å². The fraction of sp³-hybridized carbons (Fsp3) is 0.214. The van der Waals surface area contributed by atoms with Crippen LogP contribution < -0.4 is 0 Å². The van der Waals surface area contributed by atoms with E-state index in [-0.39, 0.29) is 0 Å². The zero-order valence-corrected chi connectivity index (χ0v) is 11.3. The van der Waals surface area contributed by atoms with Crippen LogP contribution in [0.1, 0.15) is 17.0 Å². The molecule has 2 aromatic heterocycles. The molecule has 0 unspecified atom stereocenters. The molecule has 0 amide bonds. The fourth-order valence-corrected chi connectivity index (χ4v) is 2.32. The van der Waals surface area contributed by atoms with Gasteiger partial charge in [0.2, 0.25) is 0 Å². The third kappa shape index (κ3) is 2.44. The highest BCUT2D eigenvalue weighted by Crippen LogP contribution is 2.14. The van der Waals surface area contributed by atoms with Crippen molar-refractivity contribution in [3.05, 3.63) is 58.8 Å². The molecular formula is C14H13ClN4. The maximum Gasteiger partial charge on any atom is 0.198 e. The van der Waals surface area contributed by atoms with Gasteiger partial charge in [0.05, 0.1) is 0 Å². The molecule has 0 aliphatic carbocycles. The first kappa shape index (κ1) is 12.1. The third-order valence-corrected chi connectivity index (χ3v) is 3.34. The van der Waals surface area contributed by atoms with Gasteiger partial charge in [-0.25, -0.2) is 4.98 Å². The molecule has 2 heterocycles. The number of nitrogens with zero attached hydrogens (tertiary/aromatic N) is 4. The molecule has 0 fully saturated rings. The third-order valence-electron chi connectivity index (χ3n) is 3.07. The van der Waals surface area contributed by atoms with Crippen LogP contribution in [0.4, 0.5) is 0 Å². The minimum atomic E-state index is 0.386. The Kier molecular flexibility index (Phi) is 3.17. The van der Waals surface area contributed by atoms with E-state index in [9.17, 15) is 0 Å². The van der Waals surface area contributed by atoms with Gasteiger partial charge in [-0.3, -0.25) is 4.40 Å². The van der Waals surface area contributed by atoms with E-state index in [1.165, 1.54) is 11.1 Å². The molecule has 0 bridgehead atoms. The van der Waals surface area contributed by atoms with Gasteiger partial charge in [0, 0.05) is 18.8 Å². The lowest BCUT2D eigenvalue weighted by molar-refractivity contribution is 0.837. The molecule has 4 nitrogen and oxygen atoms in total. The van der Waals surface area contributed by atoms with Gasteiger partial charge >= 0.3 is 0 Å². The molecule has 0 saturated carbocycles. The second-order valence-corrected chi connectivity index (χ2v) is 4.87. The van der Waals surface area contributed by atoms with Crippen LogP contribution in [-0.2, 0) is 12.8 Å². The summed E-state index contributed by atoms with van der Waals surface area (Å²) in [5, 5.41) is 8.63. The van der Waals surface area contributed by atoms with Crippen molar-refractivity contribution in [2.24, 2.45) is 0 Å². The summed E-state index contributed by atoms with van der Waals surface area (Å²) < 4.78 is 1.89. The molecule has 0 atom stereocenters. The van der Waals surface area contributed by atoms with Gasteiger partial charge in [0.1, 0.15) is 5.82 Å². The summed E-state index contributed by atoms with van der Waals surface area (Å²) in [7, 11) is 0. The number of aryl methyl sites for hydroxylation is 3. The summed E-state index contributed by atoms with van der Waals surface area (Å²) in [4.78, 5) is 3.99. The van der Waals surface area contributed by atoms with E-state index < -0.39 is 0 Å². The topological polar surface area (TPSA) is 43.1 Å². The molecular weight excluding hydrogens is 260 g/mol. The van der Waals surface area contributed by atoms with Crippen molar-refractivity contribution in [3.63, 3.8) is 0 Å². The molecule has 0 spiro atoms. The number of hydrogen-bond acceptors (Lipinski definition) is 3. The van der Waals surface area contributed by atoms with E-state index in [0.717, 1.165) is 18.7 Å². The average Bonchev–Trinajstić information content (AvgIpc) is 2.81. The van der Waals surface area contributed by atoms with Crippen molar-refractivity contribution in [3.8, 4) is 0 Å². The maximum absolute atomic E-state index is 5.97. The summed E-state index contributed by atoms with van der Waals surface area (Å²) >= 11 is 5.97. The Labute approximate surface area is 116 Å². The molecule has 0 aliphatic heterocycles. The number of fused-ring (bicyclic) bond motifs is 1. The van der Waals surface area contributed by atoms with E-state index in [2.05, 4.69) is 46.4 Å². The number of aromatic nitrogens is 4. The molecule has 3 aromatic rings. The molecule has 1 aromatic carbocycles. The Hall–Kier alpha value is -1.94. The number of rotatable bonds is 3. The number of halogens is 1. The van der Waals surface area contributed by atoms with E-state index in [1.54, 1.807) is 6.20 Å². The smallest absolute Gasteiger partial charge is 0.198 e. The SMILES string of the molecule is Cc1cccc(CCc2nnc3c(Cl)nccn23)c1. The monoisotopic (exact) mass is 272 g/mol. The van der Waals surface area contributed by atoms with Crippen molar-refractivity contribution in [1.82, 2.24) is 19.6 Å². The first-order valence-corrected chi connectivity index (χ1v) is 6.51. The predicted octanol–water partition coefficient (Wildman–Crippen LogP) is 2.87. The van der Waals surface area contributed by atoms with E-state index in [1.807, 2.05) is 10.6 Å². The fourth-order valence-electron chi connectivity index (χ4n) is 2.14. The molecule has 3 rings (SSSR count). The standard InChI is InChI=1S/C14H13ClN4/c1-10-3-2-4-11(9-10)5-6-12-17-18-14-13(15)16-7-8-19(12)14/h2-4,7-9H,5-6H2,1H3. The minimum Gasteiger partial charge on any atom is -0.282 e. The van der Waals surface area contributed by atoms with Gasteiger partial charge in [-0.1, -0.05) is 41.4 Å². The Bertz CT molecular complexity index is 720. The summed E-state index contributed by atoms with van der Waals surface area (Å²) in [5.74, 6) is 0.904. The van der Waals surface area contributed by atoms with Crippen LogP contribution in [0.25, 0.3) is 5.65 Å². The van der Waals surface area contributed by atoms with Crippen molar-refractivity contribution in [2.75, 3.05) is 0 Å². The largest absolute Gasteiger partial charge is 0.282 e. The molecule has 0 saturated heterocycles. The lowest BCUT2D eigenvalue weighted by Crippen LogP contribution is -1.98. The van der Waals surface area contributed by atoms with E-state index in [4.69, 9.17) is 11.6 Å². The van der Waals surface area contributed by atoms with Crippen LogP contribution in [0, 0.1) is 6.92 Å². The summed E-state index contributed by atoms with van der Waals surface area (Å²) in [5.41, 5.74) is 3.19. The predicted molar refractivity (Wildman–Crippen MR) is 74.4 cm³/mol. The normalized spacial score (nSPS) is 11.1. The Morgan fingerprint density at radius 1 is 1.21 bits per heavy atom. The molecule has 5 heteroatoms. The van der Waals surface area contributed by atoms with Gasteiger partial charge in [0.15, 0.2) is 10.8 Å². The number of hydrogen-bond donors (Lipinski definition) is 0. The van der Waals surface area contributed by atoms with Gasteiger partial charge in [-0.2, -0.15) is 0 Å². The lowest BCUT2D eigenvalue weighted by atomic mass is 10.1. The van der Waals surface area contributed by atoms with E-state index >= 15 is 0 Å². The summed E-state index contributed by atoms with van der Waals surface area (Å²) in [6, 6.07) is 8.50. The van der Waals surface area contributed by atoms with Crippen LogP contribution in [-0.4, -0.2) is 19.6 Å². The highest BCUT2D eigenvalue weighted by molar-refractivity contribution is 6.32. The maximum atomic E-state index is 5.97. The Morgan fingerprint density at radius 2 is 2.11 bits per heavy atom. The van der Waals surface area contributed by atoms with Crippen molar-refractivity contribution < 1.29 is 0 Å². The molecule has 19 heavy (non-hydrogen) atoms. The Balaban J connectivity index is 1.84. The second-order valence-electron chi connectivity index (χ2n) is 4.52. The van der Waals surface area contributed by atoms with Gasteiger partial charge in [-0.05, 0) is 18.9 Å². The average molecular weight is 273 g/mol. The van der Waals surface area contributed by atoms with E-state index in [0.29, 0.717) is 10.8 Å². The first-order valence-electron chi connectivity index (χ1n) is 6.14. The van der Waals surface area contributed by atoms with Crippen LogP contribution in [0.15, 0.2) is 36.7 Å². The van der Waals surface area contributed by atoms with Crippen molar-refractivity contribution >= 4 is 17.2 Å². The molecule has 96 valence electrons. The quantitative estimate of drug-likeness (QED) is 0.736. The molecule has 0 aliphatic rings. The second kappa shape index (κ2) is 4.97.